The Morgan fingerprint density at radius 3 is 2.60 bits per heavy atom. The number of nitrogen functional groups attached to an aromatic ring is 1. The Bertz CT molecular complexity index is 743. The van der Waals surface area contributed by atoms with Crippen molar-refractivity contribution >= 4 is 37.3 Å². The largest absolute Gasteiger partial charge is 0.398 e. The van der Waals surface area contributed by atoms with Crippen LogP contribution in [0, 0.1) is 12.7 Å². The molecule has 0 aliphatic rings. The molecule has 0 spiro atoms. The molecule has 0 amide bonds. The number of aryl methyl sites for hydroxylation is 1. The fraction of sp³-hybridized carbons (Fsp3) is 0.0769. The average Bonchev–Trinajstić information content (AvgIpc) is 2.33. The predicted molar refractivity (Wildman–Crippen MR) is 80.5 cm³/mol. The Labute approximate surface area is 125 Å². The minimum atomic E-state index is -3.95. The van der Waals surface area contributed by atoms with Gasteiger partial charge in [0, 0.05) is 4.47 Å². The molecule has 0 aromatic heterocycles. The molecule has 106 valence electrons. The summed E-state index contributed by atoms with van der Waals surface area (Å²) in [6.45, 7) is 1.63. The lowest BCUT2D eigenvalue weighted by molar-refractivity contribution is 0.598. The molecule has 0 heterocycles. The third kappa shape index (κ3) is 2.94. The van der Waals surface area contributed by atoms with Gasteiger partial charge < -0.3 is 5.73 Å². The summed E-state index contributed by atoms with van der Waals surface area (Å²) in [6, 6.07) is 8.77. The van der Waals surface area contributed by atoms with Gasteiger partial charge in [-0.2, -0.15) is 0 Å². The second kappa shape index (κ2) is 5.41. The van der Waals surface area contributed by atoms with Gasteiger partial charge in [0.15, 0.2) is 0 Å². The number of halogens is 2. The van der Waals surface area contributed by atoms with Crippen LogP contribution >= 0.6 is 15.9 Å². The Hall–Kier alpha value is -1.60. The maximum absolute atomic E-state index is 13.6. The standard InChI is InChI=1S/C13H12BrFN2O2S/c1-8-3-2-4-11(16)13(8)20(18,19)17-12-7-9(14)5-6-10(12)15/h2-7,17H,16H2,1H3. The number of nitrogens with two attached hydrogens (primary N) is 1. The molecule has 0 radical (unpaired) electrons. The molecule has 0 fully saturated rings. The van der Waals surface area contributed by atoms with Gasteiger partial charge >= 0.3 is 0 Å². The predicted octanol–water partition coefficient (Wildman–Crippen LogP) is 3.28. The highest BCUT2D eigenvalue weighted by atomic mass is 79.9. The van der Waals surface area contributed by atoms with Gasteiger partial charge in [0.1, 0.15) is 10.7 Å². The topological polar surface area (TPSA) is 72.2 Å². The zero-order chi connectivity index (χ0) is 14.9. The minimum absolute atomic E-state index is 0.0422. The number of benzene rings is 2. The van der Waals surface area contributed by atoms with Crippen molar-refractivity contribution in [3.05, 3.63) is 52.3 Å². The summed E-state index contributed by atoms with van der Waals surface area (Å²) in [5, 5.41) is 0. The molecule has 0 unspecified atom stereocenters. The monoisotopic (exact) mass is 358 g/mol. The van der Waals surface area contributed by atoms with Crippen LogP contribution < -0.4 is 10.5 Å². The molecule has 2 aromatic carbocycles. The summed E-state index contributed by atoms with van der Waals surface area (Å²) in [5.41, 5.74) is 6.18. The third-order valence-electron chi connectivity index (χ3n) is 2.68. The average molecular weight is 359 g/mol. The normalized spacial score (nSPS) is 11.3. The van der Waals surface area contributed by atoms with Crippen molar-refractivity contribution in [3.8, 4) is 0 Å². The molecule has 7 heteroatoms. The molecule has 0 saturated heterocycles. The molecular formula is C13H12BrFN2O2S. The first-order valence-electron chi connectivity index (χ1n) is 5.64. The Kier molecular flexibility index (Phi) is 4.01. The quantitative estimate of drug-likeness (QED) is 0.827. The first-order chi connectivity index (χ1) is 9.31. The number of sulfonamides is 1. The van der Waals surface area contributed by atoms with E-state index in [1.165, 1.54) is 24.3 Å². The van der Waals surface area contributed by atoms with E-state index in [2.05, 4.69) is 20.7 Å². The van der Waals surface area contributed by atoms with Gasteiger partial charge in [-0.25, -0.2) is 12.8 Å². The van der Waals surface area contributed by atoms with Crippen molar-refractivity contribution in [2.75, 3.05) is 10.5 Å². The van der Waals surface area contributed by atoms with Crippen LogP contribution in [0.5, 0.6) is 0 Å². The molecule has 0 atom stereocenters. The zero-order valence-electron chi connectivity index (χ0n) is 10.5. The van der Waals surface area contributed by atoms with Crippen LogP contribution in [0.25, 0.3) is 0 Å². The Balaban J connectivity index is 2.49. The number of rotatable bonds is 3. The molecule has 4 nitrogen and oxygen atoms in total. The molecule has 0 aliphatic carbocycles. The second-order valence-corrected chi connectivity index (χ2v) is 6.76. The van der Waals surface area contributed by atoms with Crippen LogP contribution in [-0.4, -0.2) is 8.42 Å². The summed E-state index contributed by atoms with van der Waals surface area (Å²) in [7, 11) is -3.95. The van der Waals surface area contributed by atoms with Gasteiger partial charge in [0.05, 0.1) is 11.4 Å². The summed E-state index contributed by atoms with van der Waals surface area (Å²) < 4.78 is 41.1. The van der Waals surface area contributed by atoms with Crippen molar-refractivity contribution in [3.63, 3.8) is 0 Å². The van der Waals surface area contributed by atoms with Crippen LogP contribution in [0.15, 0.2) is 45.8 Å². The van der Waals surface area contributed by atoms with Crippen molar-refractivity contribution in [2.45, 2.75) is 11.8 Å². The molecule has 0 bridgehead atoms. The highest BCUT2D eigenvalue weighted by molar-refractivity contribution is 9.10. The third-order valence-corrected chi connectivity index (χ3v) is 4.76. The van der Waals surface area contributed by atoms with Crippen molar-refractivity contribution in [2.24, 2.45) is 0 Å². The van der Waals surface area contributed by atoms with Gasteiger partial charge in [-0.1, -0.05) is 28.1 Å². The van der Waals surface area contributed by atoms with E-state index < -0.39 is 15.8 Å². The maximum atomic E-state index is 13.6. The first kappa shape index (κ1) is 14.8. The summed E-state index contributed by atoms with van der Waals surface area (Å²) in [6.07, 6.45) is 0. The van der Waals surface area contributed by atoms with Gasteiger partial charge in [-0.15, -0.1) is 0 Å². The highest BCUT2D eigenvalue weighted by Crippen LogP contribution is 2.27. The fourth-order valence-electron chi connectivity index (χ4n) is 1.81. The lowest BCUT2D eigenvalue weighted by Gasteiger charge is -2.13. The number of nitrogens with one attached hydrogen (secondary N) is 1. The van der Waals surface area contributed by atoms with Crippen molar-refractivity contribution in [1.29, 1.82) is 0 Å². The number of hydrogen-bond donors (Lipinski definition) is 2. The van der Waals surface area contributed by atoms with Crippen molar-refractivity contribution < 1.29 is 12.8 Å². The zero-order valence-corrected chi connectivity index (χ0v) is 12.9. The lowest BCUT2D eigenvalue weighted by Crippen LogP contribution is -2.17. The molecule has 20 heavy (non-hydrogen) atoms. The minimum Gasteiger partial charge on any atom is -0.398 e. The smallest absolute Gasteiger partial charge is 0.264 e. The van der Waals surface area contributed by atoms with E-state index in [9.17, 15) is 12.8 Å². The van der Waals surface area contributed by atoms with Crippen molar-refractivity contribution in [1.82, 2.24) is 0 Å². The van der Waals surface area contributed by atoms with E-state index in [1.54, 1.807) is 19.1 Å². The van der Waals surface area contributed by atoms with Gasteiger partial charge in [0.25, 0.3) is 10.0 Å². The van der Waals surface area contributed by atoms with E-state index in [-0.39, 0.29) is 16.3 Å². The highest BCUT2D eigenvalue weighted by Gasteiger charge is 2.21. The number of hydrogen-bond acceptors (Lipinski definition) is 3. The Morgan fingerprint density at radius 1 is 1.25 bits per heavy atom. The molecule has 0 saturated carbocycles. The summed E-state index contributed by atoms with van der Waals surface area (Å²) >= 11 is 3.16. The van der Waals surface area contributed by atoms with E-state index in [0.717, 1.165) is 0 Å². The van der Waals surface area contributed by atoms with Gasteiger partial charge in [-0.05, 0) is 36.8 Å². The first-order valence-corrected chi connectivity index (χ1v) is 7.92. The molecule has 3 N–H and O–H groups in total. The Morgan fingerprint density at radius 2 is 1.95 bits per heavy atom. The second-order valence-electron chi connectivity index (χ2n) is 4.22. The van der Waals surface area contributed by atoms with Crippen LogP contribution in [0.2, 0.25) is 0 Å². The van der Waals surface area contributed by atoms with Gasteiger partial charge in [0.2, 0.25) is 0 Å². The molecule has 2 aromatic rings. The van der Waals surface area contributed by atoms with Crippen LogP contribution in [-0.2, 0) is 10.0 Å². The van der Waals surface area contributed by atoms with E-state index in [0.29, 0.717) is 10.0 Å². The molecular weight excluding hydrogens is 347 g/mol. The van der Waals surface area contributed by atoms with E-state index >= 15 is 0 Å². The number of anilines is 2. The fourth-order valence-corrected chi connectivity index (χ4v) is 3.59. The summed E-state index contributed by atoms with van der Waals surface area (Å²) in [5.74, 6) is -0.663. The SMILES string of the molecule is Cc1cccc(N)c1S(=O)(=O)Nc1cc(Br)ccc1F. The van der Waals surface area contributed by atoms with Crippen LogP contribution in [0.3, 0.4) is 0 Å². The summed E-state index contributed by atoms with van der Waals surface area (Å²) in [4.78, 5) is -0.0422. The maximum Gasteiger partial charge on any atom is 0.264 e. The van der Waals surface area contributed by atoms with Gasteiger partial charge in [-0.3, -0.25) is 4.72 Å². The molecule has 2 rings (SSSR count). The molecule has 0 aliphatic heterocycles. The van der Waals surface area contributed by atoms with Crippen LogP contribution in [0.4, 0.5) is 15.8 Å². The lowest BCUT2D eigenvalue weighted by atomic mass is 10.2. The van der Waals surface area contributed by atoms with E-state index in [1.807, 2.05) is 0 Å². The van der Waals surface area contributed by atoms with E-state index in [4.69, 9.17) is 5.73 Å². The van der Waals surface area contributed by atoms with Crippen LogP contribution in [0.1, 0.15) is 5.56 Å².